The summed E-state index contributed by atoms with van der Waals surface area (Å²) < 4.78 is 11.6. The fraction of sp³-hybridized carbons (Fsp3) is 0.562. The fourth-order valence-electron chi connectivity index (χ4n) is 3.37. The average Bonchev–Trinajstić information content (AvgIpc) is 2.89. The molecule has 22 heavy (non-hydrogen) atoms. The number of rotatable bonds is 2. The van der Waals surface area contributed by atoms with E-state index in [2.05, 4.69) is 0 Å². The number of nitrogens with zero attached hydrogens (tertiary/aromatic N) is 1. The van der Waals surface area contributed by atoms with E-state index >= 15 is 0 Å². The molecule has 0 saturated heterocycles. The molecule has 1 aromatic rings. The van der Waals surface area contributed by atoms with E-state index in [4.69, 9.17) is 15.2 Å². The van der Waals surface area contributed by atoms with Crippen LogP contribution in [0.1, 0.15) is 55.4 Å². The van der Waals surface area contributed by atoms with Crippen LogP contribution < -0.4 is 10.6 Å². The number of hydrogen-bond donors (Lipinski definition) is 1. The normalized spacial score (nSPS) is 22.0. The smallest absolute Gasteiger partial charge is 0.252 e. The Bertz CT molecular complexity index is 673. The number of hydrogen-bond acceptors (Lipinski definition) is 5. The Hall–Kier alpha value is -1.53. The molecule has 2 N–H and O–H groups in total. The Morgan fingerprint density at radius 2 is 2.05 bits per heavy atom. The third-order valence-corrected chi connectivity index (χ3v) is 5.60. The number of nitrogens with two attached hydrogens (primary N) is 1. The highest BCUT2D eigenvalue weighted by atomic mass is 32.1. The molecule has 6 heteroatoms. The summed E-state index contributed by atoms with van der Waals surface area (Å²) >= 11 is 1.58. The van der Waals surface area contributed by atoms with Gasteiger partial charge in [0.1, 0.15) is 11.3 Å². The first kappa shape index (κ1) is 15.4. The first-order valence-corrected chi connectivity index (χ1v) is 8.16. The fourth-order valence-corrected chi connectivity index (χ4v) is 4.78. The molecule has 2 aliphatic heterocycles. The Balaban J connectivity index is 2.21. The number of carbonyl (C=O) groups is 1. The van der Waals surface area contributed by atoms with E-state index in [0.29, 0.717) is 18.7 Å². The average molecular weight is 322 g/mol. The molecule has 1 amide bonds. The van der Waals surface area contributed by atoms with Gasteiger partial charge in [0.2, 0.25) is 0 Å². The molecular weight excluding hydrogens is 300 g/mol. The molecule has 2 aliphatic rings. The second-order valence-corrected chi connectivity index (χ2v) is 7.99. The van der Waals surface area contributed by atoms with Crippen LogP contribution in [0.4, 0.5) is 5.00 Å². The number of ether oxygens (including phenoxy) is 2. The van der Waals surface area contributed by atoms with Gasteiger partial charge in [-0.3, -0.25) is 9.69 Å². The molecule has 5 nitrogen and oxygen atoms in total. The summed E-state index contributed by atoms with van der Waals surface area (Å²) in [7, 11) is 0. The van der Waals surface area contributed by atoms with E-state index in [1.807, 2.05) is 39.5 Å². The Kier molecular flexibility index (Phi) is 3.30. The van der Waals surface area contributed by atoms with Gasteiger partial charge < -0.3 is 15.2 Å². The SMILES string of the molecule is CC1=COCN1c1sc2c(c1C(N)=O)CC(C)(C)OC2(C)C. The zero-order valence-corrected chi connectivity index (χ0v) is 14.5. The highest BCUT2D eigenvalue weighted by Gasteiger charge is 2.43. The monoisotopic (exact) mass is 322 g/mol. The van der Waals surface area contributed by atoms with Crippen molar-refractivity contribution in [2.75, 3.05) is 11.6 Å². The maximum Gasteiger partial charge on any atom is 0.252 e. The van der Waals surface area contributed by atoms with E-state index < -0.39 is 5.60 Å². The van der Waals surface area contributed by atoms with Crippen molar-refractivity contribution < 1.29 is 14.3 Å². The molecule has 0 radical (unpaired) electrons. The van der Waals surface area contributed by atoms with Gasteiger partial charge in [-0.25, -0.2) is 0 Å². The summed E-state index contributed by atoms with van der Waals surface area (Å²) in [5.41, 5.74) is 7.55. The zero-order valence-electron chi connectivity index (χ0n) is 13.6. The Labute approximate surface area is 134 Å². The van der Waals surface area contributed by atoms with E-state index in [0.717, 1.165) is 21.1 Å². The van der Waals surface area contributed by atoms with E-state index in [1.165, 1.54) is 0 Å². The zero-order chi connectivity index (χ0) is 16.3. The molecule has 3 heterocycles. The molecule has 1 aromatic heterocycles. The van der Waals surface area contributed by atoms with Gasteiger partial charge in [0.05, 0.1) is 22.5 Å². The van der Waals surface area contributed by atoms with Crippen molar-refractivity contribution in [3.05, 3.63) is 28.0 Å². The molecule has 0 spiro atoms. The van der Waals surface area contributed by atoms with Gasteiger partial charge in [-0.2, -0.15) is 0 Å². The van der Waals surface area contributed by atoms with Crippen LogP contribution in [0.2, 0.25) is 0 Å². The molecular formula is C16H22N2O3S. The second kappa shape index (κ2) is 4.73. The van der Waals surface area contributed by atoms with E-state index in [-0.39, 0.29) is 11.5 Å². The Morgan fingerprint density at radius 3 is 2.59 bits per heavy atom. The number of fused-ring (bicyclic) bond motifs is 1. The number of primary amides is 1. The van der Waals surface area contributed by atoms with Gasteiger partial charge in [-0.05, 0) is 40.2 Å². The summed E-state index contributed by atoms with van der Waals surface area (Å²) in [4.78, 5) is 15.2. The third-order valence-electron chi connectivity index (χ3n) is 4.04. The summed E-state index contributed by atoms with van der Waals surface area (Å²) in [6.45, 7) is 10.5. The second-order valence-electron chi connectivity index (χ2n) is 6.99. The van der Waals surface area contributed by atoms with Gasteiger partial charge in [0.25, 0.3) is 5.91 Å². The van der Waals surface area contributed by atoms with Crippen molar-refractivity contribution in [2.45, 2.75) is 52.2 Å². The standard InChI is InChI=1S/C16H22N2O3S/c1-9-7-20-8-18(9)14-11(13(17)19)10-6-15(2,3)21-16(4,5)12(10)22-14/h7H,6,8H2,1-5H3,(H2,17,19). The lowest BCUT2D eigenvalue weighted by Crippen LogP contribution is -2.42. The van der Waals surface area contributed by atoms with E-state index in [9.17, 15) is 4.79 Å². The molecule has 0 saturated carbocycles. The summed E-state index contributed by atoms with van der Waals surface area (Å²) in [5.74, 6) is -0.388. The van der Waals surface area contributed by atoms with Crippen LogP contribution in [-0.2, 0) is 21.5 Å². The summed E-state index contributed by atoms with van der Waals surface area (Å²) in [6, 6.07) is 0. The summed E-state index contributed by atoms with van der Waals surface area (Å²) in [6.07, 6.45) is 2.38. The largest absolute Gasteiger partial charge is 0.479 e. The molecule has 0 unspecified atom stereocenters. The van der Waals surface area contributed by atoms with Crippen LogP contribution in [0.15, 0.2) is 12.0 Å². The van der Waals surface area contributed by atoms with Gasteiger partial charge in [0, 0.05) is 11.3 Å². The first-order valence-electron chi connectivity index (χ1n) is 7.34. The van der Waals surface area contributed by atoms with Crippen molar-refractivity contribution in [1.82, 2.24) is 0 Å². The van der Waals surface area contributed by atoms with Crippen molar-refractivity contribution in [3.8, 4) is 0 Å². The van der Waals surface area contributed by atoms with Crippen LogP contribution in [0, 0.1) is 0 Å². The molecule has 0 atom stereocenters. The van der Waals surface area contributed by atoms with Crippen molar-refractivity contribution in [3.63, 3.8) is 0 Å². The van der Waals surface area contributed by atoms with Crippen LogP contribution >= 0.6 is 11.3 Å². The van der Waals surface area contributed by atoms with Crippen molar-refractivity contribution in [2.24, 2.45) is 5.73 Å². The van der Waals surface area contributed by atoms with Gasteiger partial charge >= 0.3 is 0 Å². The molecule has 0 bridgehead atoms. The predicted molar refractivity (Wildman–Crippen MR) is 86.9 cm³/mol. The lowest BCUT2D eigenvalue weighted by molar-refractivity contribution is -0.135. The van der Waals surface area contributed by atoms with Crippen LogP contribution in [0.25, 0.3) is 0 Å². The van der Waals surface area contributed by atoms with Gasteiger partial charge in [-0.15, -0.1) is 11.3 Å². The maximum absolute atomic E-state index is 12.1. The van der Waals surface area contributed by atoms with Crippen LogP contribution in [0.3, 0.4) is 0 Å². The van der Waals surface area contributed by atoms with E-state index in [1.54, 1.807) is 17.6 Å². The number of anilines is 1. The number of thiophene rings is 1. The molecule has 3 rings (SSSR count). The topological polar surface area (TPSA) is 64.8 Å². The number of allylic oxidation sites excluding steroid dienone is 1. The van der Waals surface area contributed by atoms with Crippen molar-refractivity contribution in [1.29, 1.82) is 0 Å². The predicted octanol–water partition coefficient (Wildman–Crippen LogP) is 3.09. The minimum Gasteiger partial charge on any atom is -0.479 e. The van der Waals surface area contributed by atoms with Gasteiger partial charge in [-0.1, -0.05) is 0 Å². The van der Waals surface area contributed by atoms with Crippen molar-refractivity contribution >= 4 is 22.2 Å². The summed E-state index contributed by atoms with van der Waals surface area (Å²) in [5, 5.41) is 0.859. The number of carbonyl (C=O) groups excluding carboxylic acids is 1. The minimum atomic E-state index is -0.442. The minimum absolute atomic E-state index is 0.328. The highest BCUT2D eigenvalue weighted by Crippen LogP contribution is 2.49. The lowest BCUT2D eigenvalue weighted by atomic mass is 9.86. The third kappa shape index (κ3) is 2.30. The molecule has 0 aliphatic carbocycles. The molecule has 0 aromatic carbocycles. The highest BCUT2D eigenvalue weighted by molar-refractivity contribution is 7.17. The Morgan fingerprint density at radius 1 is 1.36 bits per heavy atom. The van der Waals surface area contributed by atoms with Crippen LogP contribution in [0.5, 0.6) is 0 Å². The lowest BCUT2D eigenvalue weighted by Gasteiger charge is -2.41. The number of amides is 1. The van der Waals surface area contributed by atoms with Crippen LogP contribution in [-0.4, -0.2) is 18.2 Å². The molecule has 120 valence electrons. The maximum atomic E-state index is 12.1. The van der Waals surface area contributed by atoms with Gasteiger partial charge in [0.15, 0.2) is 6.73 Å². The quantitative estimate of drug-likeness (QED) is 0.909. The first-order chi connectivity index (χ1) is 10.1. The molecule has 0 fully saturated rings.